The Hall–Kier alpha value is -4.12. The molecule has 5 rings (SSSR count). The van der Waals surface area contributed by atoms with E-state index in [4.69, 9.17) is 0 Å². The molecular formula is C26H26N8O2S. The van der Waals surface area contributed by atoms with Gasteiger partial charge in [0.25, 0.3) is 0 Å². The molecule has 37 heavy (non-hydrogen) atoms. The normalized spacial score (nSPS) is 16.9. The maximum atomic E-state index is 12.2. The van der Waals surface area contributed by atoms with Crippen molar-refractivity contribution < 1.29 is 9.59 Å². The minimum atomic E-state index is -0.175. The fourth-order valence-corrected chi connectivity index (χ4v) is 5.34. The maximum absolute atomic E-state index is 12.2. The van der Waals surface area contributed by atoms with Crippen molar-refractivity contribution in [3.05, 3.63) is 83.0 Å². The van der Waals surface area contributed by atoms with Gasteiger partial charge in [-0.25, -0.2) is 0 Å². The Bertz CT molecular complexity index is 1330. The van der Waals surface area contributed by atoms with Crippen LogP contribution >= 0.6 is 11.3 Å². The molecule has 0 saturated heterocycles. The molecule has 0 spiro atoms. The Morgan fingerprint density at radius 1 is 0.811 bits per heavy atom. The predicted molar refractivity (Wildman–Crippen MR) is 139 cm³/mol. The number of carbonyl (C=O) groups excluding carboxylic acids is 2. The Morgan fingerprint density at radius 3 is 2.19 bits per heavy atom. The number of amides is 2. The zero-order valence-corrected chi connectivity index (χ0v) is 20.9. The third-order valence-corrected chi connectivity index (χ3v) is 7.09. The van der Waals surface area contributed by atoms with E-state index in [9.17, 15) is 9.59 Å². The SMILES string of the molecule is O=C(Cc1ccccn1)Nc1ccc(C2CCC(Cc3nnc(NC(=O)Cc4ccccn4)s3)C2)nn1. The van der Waals surface area contributed by atoms with Crippen LogP contribution in [0.2, 0.25) is 0 Å². The quantitative estimate of drug-likeness (QED) is 0.346. The Morgan fingerprint density at radius 2 is 1.54 bits per heavy atom. The lowest BCUT2D eigenvalue weighted by Gasteiger charge is -2.10. The summed E-state index contributed by atoms with van der Waals surface area (Å²) in [5.41, 5.74) is 2.35. The van der Waals surface area contributed by atoms with Crippen LogP contribution in [0.25, 0.3) is 0 Å². The fourth-order valence-electron chi connectivity index (χ4n) is 4.47. The third-order valence-electron chi connectivity index (χ3n) is 6.22. The van der Waals surface area contributed by atoms with Crippen molar-refractivity contribution in [1.29, 1.82) is 0 Å². The van der Waals surface area contributed by atoms with Crippen LogP contribution < -0.4 is 10.6 Å². The molecule has 0 aromatic carbocycles. The van der Waals surface area contributed by atoms with Crippen LogP contribution in [0.15, 0.2) is 60.9 Å². The third kappa shape index (κ3) is 6.98. The van der Waals surface area contributed by atoms with Crippen LogP contribution in [0, 0.1) is 5.92 Å². The van der Waals surface area contributed by atoms with Crippen molar-refractivity contribution in [2.45, 2.75) is 44.4 Å². The van der Waals surface area contributed by atoms with Crippen molar-refractivity contribution in [3.8, 4) is 0 Å². The number of rotatable bonds is 9. The molecule has 1 fully saturated rings. The number of hydrogen-bond acceptors (Lipinski definition) is 9. The van der Waals surface area contributed by atoms with Crippen LogP contribution in [-0.2, 0) is 28.9 Å². The largest absolute Gasteiger partial charge is 0.309 e. The van der Waals surface area contributed by atoms with Gasteiger partial charge in [0.2, 0.25) is 16.9 Å². The van der Waals surface area contributed by atoms with Gasteiger partial charge in [-0.3, -0.25) is 19.6 Å². The fraction of sp³-hybridized carbons (Fsp3) is 0.308. The monoisotopic (exact) mass is 514 g/mol. The average molecular weight is 515 g/mol. The number of anilines is 2. The van der Waals surface area contributed by atoms with Crippen molar-refractivity contribution in [2.24, 2.45) is 5.92 Å². The smallest absolute Gasteiger partial charge is 0.232 e. The molecular weight excluding hydrogens is 488 g/mol. The molecule has 4 aromatic heterocycles. The lowest BCUT2D eigenvalue weighted by atomic mass is 9.99. The maximum Gasteiger partial charge on any atom is 0.232 e. The molecule has 4 heterocycles. The Kier molecular flexibility index (Phi) is 7.80. The minimum absolute atomic E-state index is 0.155. The number of nitrogens with zero attached hydrogens (tertiary/aromatic N) is 6. The van der Waals surface area contributed by atoms with E-state index in [1.165, 1.54) is 11.3 Å². The van der Waals surface area contributed by atoms with Crippen molar-refractivity contribution in [2.75, 3.05) is 10.6 Å². The molecule has 2 amide bonds. The lowest BCUT2D eigenvalue weighted by molar-refractivity contribution is -0.116. The van der Waals surface area contributed by atoms with Crippen LogP contribution in [0.3, 0.4) is 0 Å². The topological polar surface area (TPSA) is 136 Å². The van der Waals surface area contributed by atoms with Gasteiger partial charge < -0.3 is 10.6 Å². The summed E-state index contributed by atoms with van der Waals surface area (Å²) in [6.45, 7) is 0. The van der Waals surface area contributed by atoms with Crippen molar-refractivity contribution in [1.82, 2.24) is 30.4 Å². The summed E-state index contributed by atoms with van der Waals surface area (Å²) in [4.78, 5) is 32.8. The van der Waals surface area contributed by atoms with Gasteiger partial charge in [0.15, 0.2) is 5.82 Å². The number of nitrogens with one attached hydrogen (secondary N) is 2. The molecule has 2 unspecified atom stereocenters. The number of aromatic nitrogens is 6. The number of pyridine rings is 2. The minimum Gasteiger partial charge on any atom is -0.309 e. The molecule has 1 aliphatic carbocycles. The molecule has 188 valence electrons. The van der Waals surface area contributed by atoms with Gasteiger partial charge >= 0.3 is 0 Å². The van der Waals surface area contributed by atoms with Crippen LogP contribution in [0.5, 0.6) is 0 Å². The summed E-state index contributed by atoms with van der Waals surface area (Å²) in [6, 6.07) is 14.7. The van der Waals surface area contributed by atoms with Gasteiger partial charge in [0.1, 0.15) is 5.01 Å². The second-order valence-corrected chi connectivity index (χ2v) is 10.1. The molecule has 2 N–H and O–H groups in total. The first-order valence-electron chi connectivity index (χ1n) is 12.2. The van der Waals surface area contributed by atoms with Gasteiger partial charge in [0.05, 0.1) is 18.5 Å². The molecule has 0 aliphatic heterocycles. The molecule has 10 nitrogen and oxygen atoms in total. The first-order chi connectivity index (χ1) is 18.1. The summed E-state index contributed by atoms with van der Waals surface area (Å²) >= 11 is 1.42. The average Bonchev–Trinajstić information content (AvgIpc) is 3.55. The Balaban J connectivity index is 1.08. The van der Waals surface area contributed by atoms with Crippen LogP contribution in [0.1, 0.15) is 47.3 Å². The number of hydrogen-bond donors (Lipinski definition) is 2. The molecule has 0 radical (unpaired) electrons. The van der Waals surface area contributed by atoms with Gasteiger partial charge in [-0.2, -0.15) is 5.10 Å². The van der Waals surface area contributed by atoms with E-state index in [0.717, 1.165) is 36.4 Å². The highest BCUT2D eigenvalue weighted by Gasteiger charge is 2.28. The number of carbonyl (C=O) groups is 2. The van der Waals surface area contributed by atoms with E-state index in [-0.39, 0.29) is 24.7 Å². The second-order valence-electron chi connectivity index (χ2n) is 9.02. The molecule has 11 heteroatoms. The Labute approximate surface area is 218 Å². The summed E-state index contributed by atoms with van der Waals surface area (Å²) in [5.74, 6) is 0.893. The van der Waals surface area contributed by atoms with Gasteiger partial charge in [-0.1, -0.05) is 23.5 Å². The van der Waals surface area contributed by atoms with Gasteiger partial charge in [0, 0.05) is 36.1 Å². The molecule has 0 bridgehead atoms. The molecule has 4 aromatic rings. The zero-order valence-electron chi connectivity index (χ0n) is 20.1. The van der Waals surface area contributed by atoms with E-state index in [1.807, 2.05) is 42.5 Å². The summed E-state index contributed by atoms with van der Waals surface area (Å²) in [7, 11) is 0. The highest BCUT2D eigenvalue weighted by Crippen LogP contribution is 2.39. The lowest BCUT2D eigenvalue weighted by Crippen LogP contribution is -2.16. The summed E-state index contributed by atoms with van der Waals surface area (Å²) in [6.07, 6.45) is 7.62. The molecule has 1 aliphatic rings. The van der Waals surface area contributed by atoms with Crippen LogP contribution in [0.4, 0.5) is 10.9 Å². The first kappa shape index (κ1) is 24.6. The first-order valence-corrected chi connectivity index (χ1v) is 13.0. The van der Waals surface area contributed by atoms with Crippen molar-refractivity contribution >= 4 is 34.1 Å². The van der Waals surface area contributed by atoms with Crippen molar-refractivity contribution in [3.63, 3.8) is 0 Å². The van der Waals surface area contributed by atoms with E-state index in [0.29, 0.717) is 34.2 Å². The van der Waals surface area contributed by atoms with E-state index >= 15 is 0 Å². The second kappa shape index (κ2) is 11.7. The van der Waals surface area contributed by atoms with E-state index in [2.05, 4.69) is 41.0 Å². The molecule has 2 atom stereocenters. The van der Waals surface area contributed by atoms with Gasteiger partial charge in [-0.05, 0) is 61.6 Å². The highest BCUT2D eigenvalue weighted by molar-refractivity contribution is 7.15. The summed E-state index contributed by atoms with van der Waals surface area (Å²) < 4.78 is 0. The van der Waals surface area contributed by atoms with E-state index in [1.54, 1.807) is 18.5 Å². The molecule has 1 saturated carbocycles. The summed E-state index contributed by atoms with van der Waals surface area (Å²) in [5, 5.41) is 24.0. The zero-order chi connectivity index (χ0) is 25.5. The van der Waals surface area contributed by atoms with E-state index < -0.39 is 0 Å². The highest BCUT2D eigenvalue weighted by atomic mass is 32.1. The standard InChI is InChI=1S/C26H26N8O2S/c35-23(15-19-5-1-3-11-27-19)29-22-10-9-21(31-32-22)18-8-7-17(13-18)14-25-33-34-26(37-25)30-24(36)16-20-6-2-4-12-28-20/h1-6,9-12,17-18H,7-8,13-16H2,(H,29,32,35)(H,30,34,36). The van der Waals surface area contributed by atoms with Gasteiger partial charge in [-0.15, -0.1) is 15.3 Å². The predicted octanol–water partition coefficient (Wildman–Crippen LogP) is 3.61. The van der Waals surface area contributed by atoms with Crippen LogP contribution in [-0.4, -0.2) is 42.2 Å².